The Morgan fingerprint density at radius 2 is 0.818 bits per heavy atom. The van der Waals surface area contributed by atoms with Gasteiger partial charge in [-0.1, -0.05) is 116 Å². The lowest BCUT2D eigenvalue weighted by Gasteiger charge is -2.20. The Labute approximate surface area is 256 Å². The molecule has 2 N–H and O–H groups in total. The first-order chi connectivity index (χ1) is 21.4. The van der Waals surface area contributed by atoms with Gasteiger partial charge in [-0.05, 0) is 24.3 Å². The van der Waals surface area contributed by atoms with E-state index in [2.05, 4.69) is 145 Å². The van der Waals surface area contributed by atoms with Crippen LogP contribution in [0.1, 0.15) is 0 Å². The fourth-order valence-corrected chi connectivity index (χ4v) is 8.60. The molecule has 0 spiro atoms. The number of hydrogen-bond acceptors (Lipinski definition) is 2. The van der Waals surface area contributed by atoms with Gasteiger partial charge in [0.25, 0.3) is 0 Å². The van der Waals surface area contributed by atoms with Gasteiger partial charge < -0.3 is 9.97 Å². The van der Waals surface area contributed by atoms with Gasteiger partial charge in [0.15, 0.2) is 0 Å². The van der Waals surface area contributed by atoms with Crippen LogP contribution in [-0.4, -0.2) is 28.0 Å². The summed E-state index contributed by atoms with van der Waals surface area (Å²) in [5.74, 6) is 0. The molecule has 0 saturated heterocycles. The van der Waals surface area contributed by atoms with E-state index in [1.165, 1.54) is 37.9 Å². The zero-order valence-electron chi connectivity index (χ0n) is 24.9. The molecule has 44 heavy (non-hydrogen) atoms. The van der Waals surface area contributed by atoms with Crippen molar-refractivity contribution < 1.29 is 0 Å². The molecule has 4 nitrogen and oxygen atoms in total. The highest BCUT2D eigenvalue weighted by atomic mass is 28.3. The van der Waals surface area contributed by atoms with Crippen molar-refractivity contribution >= 4 is 56.9 Å². The molecule has 0 radical (unpaired) electrons. The normalized spacial score (nSPS) is 12.4. The van der Waals surface area contributed by atoms with Crippen molar-refractivity contribution in [2.75, 3.05) is 0 Å². The summed E-state index contributed by atoms with van der Waals surface area (Å²) in [6.45, 7) is 7.25. The van der Waals surface area contributed by atoms with Crippen LogP contribution in [0.3, 0.4) is 0 Å². The summed E-state index contributed by atoms with van der Waals surface area (Å²) < 4.78 is 0. The number of benzene rings is 4. The maximum atomic E-state index is 5.37. The van der Waals surface area contributed by atoms with E-state index in [9.17, 15) is 0 Å². The molecule has 2 aliphatic rings. The second-order valence-electron chi connectivity index (χ2n) is 12.9. The average Bonchev–Trinajstić information content (AvgIpc) is 3.76. The van der Waals surface area contributed by atoms with Crippen molar-refractivity contribution in [2.24, 2.45) is 0 Å². The van der Waals surface area contributed by atoms with E-state index in [-0.39, 0.29) is 0 Å². The third-order valence-electron chi connectivity index (χ3n) is 9.04. The topological polar surface area (TPSA) is 57.4 Å². The van der Waals surface area contributed by atoms with Gasteiger partial charge in [0.1, 0.15) is 0 Å². The van der Waals surface area contributed by atoms with Crippen LogP contribution < -0.4 is 5.19 Å². The third kappa shape index (κ3) is 3.76. The molecule has 210 valence electrons. The average molecular weight is 583 g/mol. The van der Waals surface area contributed by atoms with E-state index in [1.54, 1.807) is 0 Å². The van der Waals surface area contributed by atoms with Crippen molar-refractivity contribution in [3.05, 3.63) is 115 Å². The molecule has 5 heterocycles. The molecule has 4 aromatic carbocycles. The summed E-state index contributed by atoms with van der Waals surface area (Å²) >= 11 is 0. The van der Waals surface area contributed by atoms with E-state index >= 15 is 0 Å². The summed E-state index contributed by atoms with van der Waals surface area (Å²) in [6.07, 6.45) is 0. The van der Waals surface area contributed by atoms with Gasteiger partial charge >= 0.3 is 0 Å². The minimum Gasteiger partial charge on any atom is -0.354 e. The molecule has 0 atom stereocenters. The first-order valence-electron chi connectivity index (χ1n) is 15.2. The lowest BCUT2D eigenvalue weighted by atomic mass is 10.0. The molecular weight excluding hydrogens is 553 g/mol. The van der Waals surface area contributed by atoms with Crippen molar-refractivity contribution in [1.29, 1.82) is 0 Å². The van der Waals surface area contributed by atoms with Gasteiger partial charge in [0, 0.05) is 65.9 Å². The Kier molecular flexibility index (Phi) is 5.23. The first kappa shape index (κ1) is 25.3. The van der Waals surface area contributed by atoms with Crippen LogP contribution >= 0.6 is 0 Å². The second-order valence-corrected chi connectivity index (χ2v) is 17.9. The van der Waals surface area contributed by atoms with Crippen LogP contribution in [0.5, 0.6) is 0 Å². The maximum Gasteiger partial charge on any atom is 0.0785 e. The smallest absolute Gasteiger partial charge is 0.0785 e. The fraction of sp³-hybridized carbons (Fsp3) is 0.0769. The van der Waals surface area contributed by atoms with Crippen LogP contribution in [0.15, 0.2) is 115 Å². The van der Waals surface area contributed by atoms with Gasteiger partial charge in [-0.3, -0.25) is 0 Å². The predicted octanol–water partition coefficient (Wildman–Crippen LogP) is 9.83. The Bertz CT molecular complexity index is 2490. The summed E-state index contributed by atoms with van der Waals surface area (Å²) in [5, 5.41) is 6.13. The highest BCUT2D eigenvalue weighted by Crippen LogP contribution is 2.40. The SMILES string of the molecule is C[Si](C)(C)c1cccc2c1-c1cc3[nH]c(cc4nc(cc5[nH]c(cc-2n1)c1ccccc51)-c1ccccc1-4)c1ccccc31. The number of nitrogens with one attached hydrogen (secondary N) is 2. The van der Waals surface area contributed by atoms with Crippen molar-refractivity contribution in [3.63, 3.8) is 0 Å². The summed E-state index contributed by atoms with van der Waals surface area (Å²) in [7, 11) is -1.69. The Morgan fingerprint density at radius 1 is 0.432 bits per heavy atom. The predicted molar refractivity (Wildman–Crippen MR) is 188 cm³/mol. The zero-order chi connectivity index (χ0) is 29.6. The molecule has 0 unspecified atom stereocenters. The summed E-state index contributed by atoms with van der Waals surface area (Å²) in [4.78, 5) is 18.1. The number of rotatable bonds is 1. The molecule has 9 rings (SSSR count). The highest BCUT2D eigenvalue weighted by molar-refractivity contribution is 6.89. The Hall–Kier alpha value is -5.26. The monoisotopic (exact) mass is 582 g/mol. The lowest BCUT2D eigenvalue weighted by molar-refractivity contribution is 1.40. The number of hydrogen-bond donors (Lipinski definition) is 2. The number of aromatic amines is 2. The Balaban J connectivity index is 1.51. The standard InChI is InChI=1S/C39H30N4Si/c1-44(2,3)38-18-10-17-29-36-21-34-26-14-7-6-13-25(26)32(41-34)19-30-23-11-4-5-12-24(23)31(40-30)20-33-27-15-8-9-16-28(27)35(42-33)22-37(43-36)39(29)38/h4-22,41-42H,1-3H3. The third-order valence-corrected chi connectivity index (χ3v) is 11.1. The number of aromatic nitrogens is 4. The van der Waals surface area contributed by atoms with Crippen LogP contribution in [0.4, 0.5) is 0 Å². The molecule has 0 amide bonds. The molecule has 8 bridgehead atoms. The van der Waals surface area contributed by atoms with Crippen molar-refractivity contribution in [3.8, 4) is 45.0 Å². The zero-order valence-corrected chi connectivity index (χ0v) is 25.9. The van der Waals surface area contributed by atoms with Crippen LogP contribution in [0, 0.1) is 0 Å². The Morgan fingerprint density at radius 3 is 1.30 bits per heavy atom. The highest BCUT2D eigenvalue weighted by Gasteiger charge is 2.27. The molecule has 0 fully saturated rings. The van der Waals surface area contributed by atoms with E-state index in [1.807, 2.05) is 0 Å². The molecule has 5 heteroatoms. The van der Waals surface area contributed by atoms with Crippen molar-refractivity contribution in [1.82, 2.24) is 19.9 Å². The van der Waals surface area contributed by atoms with Gasteiger partial charge in [-0.2, -0.15) is 0 Å². The van der Waals surface area contributed by atoms with Crippen LogP contribution in [0.25, 0.3) is 88.6 Å². The molecule has 2 aliphatic heterocycles. The van der Waals surface area contributed by atoms with E-state index in [0.717, 1.165) is 56.0 Å². The van der Waals surface area contributed by atoms with Gasteiger partial charge in [0.2, 0.25) is 0 Å². The number of nitrogens with zero attached hydrogens (tertiary/aromatic N) is 2. The van der Waals surface area contributed by atoms with Gasteiger partial charge in [-0.15, -0.1) is 0 Å². The van der Waals surface area contributed by atoms with Crippen LogP contribution in [-0.2, 0) is 0 Å². The second kappa shape index (κ2) is 9.12. The van der Waals surface area contributed by atoms with Gasteiger partial charge in [0.05, 0.1) is 30.8 Å². The first-order valence-corrected chi connectivity index (χ1v) is 18.7. The van der Waals surface area contributed by atoms with Crippen LogP contribution in [0.2, 0.25) is 19.6 Å². The minimum atomic E-state index is -1.69. The lowest BCUT2D eigenvalue weighted by Crippen LogP contribution is -2.38. The molecule has 0 aliphatic carbocycles. The molecule has 7 aromatic rings. The number of fused-ring (bicyclic) bond motifs is 20. The largest absolute Gasteiger partial charge is 0.354 e. The fourth-order valence-electron chi connectivity index (χ4n) is 6.99. The summed E-state index contributed by atoms with van der Waals surface area (Å²) in [5.41, 5.74) is 12.9. The summed E-state index contributed by atoms with van der Waals surface area (Å²) in [6, 6.07) is 41.3. The van der Waals surface area contributed by atoms with Gasteiger partial charge in [-0.25, -0.2) is 9.97 Å². The van der Waals surface area contributed by atoms with E-state index in [0.29, 0.717) is 0 Å². The van der Waals surface area contributed by atoms with E-state index < -0.39 is 8.07 Å². The maximum absolute atomic E-state index is 5.37. The van der Waals surface area contributed by atoms with Crippen molar-refractivity contribution in [2.45, 2.75) is 19.6 Å². The quantitative estimate of drug-likeness (QED) is 0.189. The minimum absolute atomic E-state index is 0.957. The number of H-pyrrole nitrogens is 2. The molecule has 3 aromatic heterocycles. The molecular formula is C39H30N4Si. The van der Waals surface area contributed by atoms with E-state index in [4.69, 9.17) is 9.97 Å². The molecule has 0 saturated carbocycles.